The second-order valence-corrected chi connectivity index (χ2v) is 5.09. The van der Waals surface area contributed by atoms with Crippen molar-refractivity contribution in [1.29, 1.82) is 0 Å². The monoisotopic (exact) mass is 391 g/mol. The molecule has 0 saturated heterocycles. The Bertz CT molecular complexity index is 528. The number of rotatable bonds is 4. The van der Waals surface area contributed by atoms with Crippen molar-refractivity contribution in [1.82, 2.24) is 0 Å². The molecule has 19 heavy (non-hydrogen) atoms. The summed E-state index contributed by atoms with van der Waals surface area (Å²) in [6.07, 6.45) is 1.03. The van der Waals surface area contributed by atoms with E-state index in [1.807, 2.05) is 0 Å². The third-order valence-electron chi connectivity index (χ3n) is 2.07. The summed E-state index contributed by atoms with van der Waals surface area (Å²) in [4.78, 5) is 22.8. The molecule has 0 amide bonds. The minimum Gasteiger partial charge on any atom is -0.466 e. The van der Waals surface area contributed by atoms with Crippen LogP contribution >= 0.6 is 31.9 Å². The van der Waals surface area contributed by atoms with Crippen molar-refractivity contribution < 1.29 is 19.1 Å². The van der Waals surface area contributed by atoms with Gasteiger partial charge < -0.3 is 14.8 Å². The van der Waals surface area contributed by atoms with Crippen molar-refractivity contribution in [3.8, 4) is 0 Å². The highest BCUT2D eigenvalue weighted by Gasteiger charge is 2.14. The van der Waals surface area contributed by atoms with Crippen molar-refractivity contribution in [2.24, 2.45) is 0 Å². The highest BCUT2D eigenvalue weighted by Crippen LogP contribution is 2.27. The number of hydrogen-bond acceptors (Lipinski definition) is 5. The van der Waals surface area contributed by atoms with Crippen LogP contribution in [0.25, 0.3) is 0 Å². The highest BCUT2D eigenvalue weighted by molar-refractivity contribution is 9.11. The van der Waals surface area contributed by atoms with Crippen molar-refractivity contribution >= 4 is 49.5 Å². The van der Waals surface area contributed by atoms with E-state index in [0.29, 0.717) is 5.69 Å². The predicted octanol–water partition coefficient (Wildman–Crippen LogP) is 2.85. The van der Waals surface area contributed by atoms with Crippen LogP contribution in [0.4, 0.5) is 5.69 Å². The smallest absolute Gasteiger partial charge is 0.354 e. The lowest BCUT2D eigenvalue weighted by molar-refractivity contribution is -0.138. The first-order valence-electron chi connectivity index (χ1n) is 5.08. The van der Waals surface area contributed by atoms with Gasteiger partial charge in [0.05, 0.1) is 26.0 Å². The van der Waals surface area contributed by atoms with Gasteiger partial charge in [-0.3, -0.25) is 0 Å². The Morgan fingerprint density at radius 1 is 1.21 bits per heavy atom. The number of esters is 2. The summed E-state index contributed by atoms with van der Waals surface area (Å²) >= 11 is 6.66. The average Bonchev–Trinajstić information content (AvgIpc) is 2.39. The minimum atomic E-state index is -0.666. The molecule has 0 spiro atoms. The third kappa shape index (κ3) is 4.68. The van der Waals surface area contributed by atoms with Gasteiger partial charge in [0.15, 0.2) is 0 Å². The molecule has 0 aliphatic carbocycles. The number of halogens is 2. The fourth-order valence-electron chi connectivity index (χ4n) is 1.17. The van der Waals surface area contributed by atoms with Crippen LogP contribution in [0.15, 0.2) is 38.9 Å². The van der Waals surface area contributed by atoms with Gasteiger partial charge in [0.1, 0.15) is 5.70 Å². The van der Waals surface area contributed by atoms with Gasteiger partial charge in [-0.15, -0.1) is 0 Å². The number of carbonyl (C=O) groups is 2. The quantitative estimate of drug-likeness (QED) is 0.630. The summed E-state index contributed by atoms with van der Waals surface area (Å²) < 4.78 is 10.7. The molecule has 0 aliphatic heterocycles. The standard InChI is InChI=1S/C12H11Br2NO4/c1-18-11(16)6-10(12(17)19-2)15-9-4-3-7(13)5-8(9)14/h3-6,15H,1-2H3/b10-6+. The zero-order valence-electron chi connectivity index (χ0n) is 10.2. The molecule has 0 unspecified atom stereocenters. The fourth-order valence-corrected chi connectivity index (χ4v) is 2.31. The molecule has 0 atom stereocenters. The second kappa shape index (κ2) is 7.30. The van der Waals surface area contributed by atoms with Gasteiger partial charge in [0, 0.05) is 8.95 Å². The van der Waals surface area contributed by atoms with Crippen molar-refractivity contribution in [2.75, 3.05) is 19.5 Å². The van der Waals surface area contributed by atoms with Crippen LogP contribution in [0.1, 0.15) is 0 Å². The number of carbonyl (C=O) groups excluding carboxylic acids is 2. The first-order chi connectivity index (χ1) is 8.97. The van der Waals surface area contributed by atoms with Gasteiger partial charge in [-0.2, -0.15) is 0 Å². The van der Waals surface area contributed by atoms with Gasteiger partial charge in [-0.25, -0.2) is 9.59 Å². The number of anilines is 1. The molecule has 0 aliphatic rings. The van der Waals surface area contributed by atoms with E-state index in [9.17, 15) is 9.59 Å². The molecule has 0 aromatic heterocycles. The van der Waals surface area contributed by atoms with Crippen molar-refractivity contribution in [3.63, 3.8) is 0 Å². The first-order valence-corrected chi connectivity index (χ1v) is 6.66. The van der Waals surface area contributed by atoms with E-state index in [-0.39, 0.29) is 5.70 Å². The Hall–Kier alpha value is -1.34. The summed E-state index contributed by atoms with van der Waals surface area (Å²) in [7, 11) is 2.45. The summed E-state index contributed by atoms with van der Waals surface area (Å²) in [5.74, 6) is -1.32. The maximum Gasteiger partial charge on any atom is 0.354 e. The van der Waals surface area contributed by atoms with Gasteiger partial charge in [-0.1, -0.05) is 15.9 Å². The highest BCUT2D eigenvalue weighted by atomic mass is 79.9. The lowest BCUT2D eigenvalue weighted by atomic mass is 10.3. The maximum absolute atomic E-state index is 11.6. The fraction of sp³-hybridized carbons (Fsp3) is 0.167. The van der Waals surface area contributed by atoms with Crippen LogP contribution in [0.3, 0.4) is 0 Å². The van der Waals surface area contributed by atoms with E-state index in [1.54, 1.807) is 18.2 Å². The first kappa shape index (κ1) is 15.7. The maximum atomic E-state index is 11.6. The van der Waals surface area contributed by atoms with Gasteiger partial charge in [0.2, 0.25) is 0 Å². The summed E-state index contributed by atoms with van der Waals surface area (Å²) in [5, 5.41) is 2.81. The topological polar surface area (TPSA) is 64.6 Å². The van der Waals surface area contributed by atoms with Crippen molar-refractivity contribution in [3.05, 3.63) is 38.9 Å². The molecule has 0 bridgehead atoms. The van der Waals surface area contributed by atoms with Crippen LogP contribution in [0.5, 0.6) is 0 Å². The third-order valence-corrected chi connectivity index (χ3v) is 3.22. The van der Waals surface area contributed by atoms with Gasteiger partial charge in [-0.05, 0) is 34.1 Å². The molecular formula is C12H11Br2NO4. The van der Waals surface area contributed by atoms with E-state index < -0.39 is 11.9 Å². The molecule has 0 radical (unpaired) electrons. The van der Waals surface area contributed by atoms with Crippen LogP contribution in [-0.4, -0.2) is 26.2 Å². The Kier molecular flexibility index (Phi) is 6.04. The molecular weight excluding hydrogens is 382 g/mol. The van der Waals surface area contributed by atoms with Crippen molar-refractivity contribution in [2.45, 2.75) is 0 Å². The normalized spacial score (nSPS) is 10.8. The number of hydrogen-bond donors (Lipinski definition) is 1. The Labute approximate surface area is 127 Å². The van der Waals surface area contributed by atoms with E-state index in [0.717, 1.165) is 15.0 Å². The van der Waals surface area contributed by atoms with E-state index in [2.05, 4.69) is 46.7 Å². The Balaban J connectivity index is 3.04. The molecule has 1 aromatic rings. The number of methoxy groups -OCH3 is 2. The van der Waals surface area contributed by atoms with E-state index >= 15 is 0 Å². The molecule has 1 rings (SSSR count). The molecule has 1 N–H and O–H groups in total. The largest absolute Gasteiger partial charge is 0.466 e. The van der Waals surface area contributed by atoms with Crippen LogP contribution in [0.2, 0.25) is 0 Å². The van der Waals surface area contributed by atoms with E-state index in [1.165, 1.54) is 14.2 Å². The zero-order chi connectivity index (χ0) is 14.4. The summed E-state index contributed by atoms with van der Waals surface area (Å²) in [5.41, 5.74) is 0.598. The molecule has 1 aromatic carbocycles. The summed E-state index contributed by atoms with van der Waals surface area (Å²) in [6.45, 7) is 0. The Morgan fingerprint density at radius 3 is 2.42 bits per heavy atom. The average molecular weight is 393 g/mol. The van der Waals surface area contributed by atoms with E-state index in [4.69, 9.17) is 0 Å². The molecule has 0 saturated carbocycles. The molecule has 5 nitrogen and oxygen atoms in total. The lowest BCUT2D eigenvalue weighted by Gasteiger charge is -2.10. The number of ether oxygens (including phenoxy) is 2. The lowest BCUT2D eigenvalue weighted by Crippen LogP contribution is -2.15. The zero-order valence-corrected chi connectivity index (χ0v) is 13.4. The van der Waals surface area contributed by atoms with Gasteiger partial charge in [0.25, 0.3) is 0 Å². The SMILES string of the molecule is COC(=O)/C=C(/Nc1ccc(Br)cc1Br)C(=O)OC. The number of benzene rings is 1. The molecule has 102 valence electrons. The van der Waals surface area contributed by atoms with Crippen LogP contribution in [-0.2, 0) is 19.1 Å². The molecule has 0 heterocycles. The number of nitrogens with one attached hydrogen (secondary N) is 1. The Morgan fingerprint density at radius 2 is 1.89 bits per heavy atom. The minimum absolute atomic E-state index is 0.0163. The van der Waals surface area contributed by atoms with Crippen LogP contribution in [0, 0.1) is 0 Å². The van der Waals surface area contributed by atoms with Crippen LogP contribution < -0.4 is 5.32 Å². The summed E-state index contributed by atoms with van der Waals surface area (Å²) in [6, 6.07) is 5.33. The molecule has 0 fully saturated rings. The predicted molar refractivity (Wildman–Crippen MR) is 77.6 cm³/mol. The van der Waals surface area contributed by atoms with Gasteiger partial charge >= 0.3 is 11.9 Å². The second-order valence-electron chi connectivity index (χ2n) is 3.32. The molecule has 7 heteroatoms.